The molecule has 0 bridgehead atoms. The molecule has 3 rings (SSSR count). The van der Waals surface area contributed by atoms with E-state index < -0.39 is 0 Å². The summed E-state index contributed by atoms with van der Waals surface area (Å²) in [6, 6.07) is 7.14. The Morgan fingerprint density at radius 1 is 1.25 bits per heavy atom. The summed E-state index contributed by atoms with van der Waals surface area (Å²) in [6.45, 7) is 3.89. The van der Waals surface area contributed by atoms with Gasteiger partial charge < -0.3 is 5.32 Å². The zero-order valence-corrected chi connectivity index (χ0v) is 15.6. The average molecular weight is 383 g/mol. The van der Waals surface area contributed by atoms with E-state index in [4.69, 9.17) is 23.2 Å². The monoisotopic (exact) mass is 382 g/mol. The Balaban J connectivity index is 1.44. The largest absolute Gasteiger partial charge is 0.352 e. The van der Waals surface area contributed by atoms with Gasteiger partial charge in [0.15, 0.2) is 0 Å². The van der Waals surface area contributed by atoms with Crippen LogP contribution in [0.2, 0.25) is 10.0 Å². The minimum Gasteiger partial charge on any atom is -0.352 e. The number of hydrogen-bond donors (Lipinski definition) is 1. The SMILES string of the molecule is O=C(NCC1CCN(Cc2ccsc2)CC1)c1ccc(Cl)cc1Cl. The van der Waals surface area contributed by atoms with Crippen LogP contribution in [0.4, 0.5) is 0 Å². The normalized spacial score (nSPS) is 16.2. The van der Waals surface area contributed by atoms with Crippen molar-refractivity contribution in [3.8, 4) is 0 Å². The van der Waals surface area contributed by atoms with E-state index in [1.165, 1.54) is 5.56 Å². The van der Waals surface area contributed by atoms with Gasteiger partial charge in [0.05, 0.1) is 10.6 Å². The van der Waals surface area contributed by atoms with Gasteiger partial charge in [-0.2, -0.15) is 11.3 Å². The number of piperidine rings is 1. The molecule has 0 atom stereocenters. The van der Waals surface area contributed by atoms with Crippen molar-refractivity contribution in [1.82, 2.24) is 10.2 Å². The van der Waals surface area contributed by atoms with Gasteiger partial charge >= 0.3 is 0 Å². The van der Waals surface area contributed by atoms with Crippen LogP contribution < -0.4 is 5.32 Å². The van der Waals surface area contributed by atoms with Crippen LogP contribution in [0.5, 0.6) is 0 Å². The lowest BCUT2D eigenvalue weighted by molar-refractivity contribution is 0.0935. The van der Waals surface area contributed by atoms with E-state index in [1.54, 1.807) is 29.5 Å². The fourth-order valence-corrected chi connectivity index (χ4v) is 4.15. The van der Waals surface area contributed by atoms with Crippen molar-refractivity contribution in [2.24, 2.45) is 5.92 Å². The van der Waals surface area contributed by atoms with Gasteiger partial charge in [0.25, 0.3) is 5.91 Å². The molecule has 1 N–H and O–H groups in total. The fourth-order valence-electron chi connectivity index (χ4n) is 3.00. The topological polar surface area (TPSA) is 32.3 Å². The van der Waals surface area contributed by atoms with Crippen LogP contribution in [0.3, 0.4) is 0 Å². The highest BCUT2D eigenvalue weighted by Crippen LogP contribution is 2.22. The van der Waals surface area contributed by atoms with Crippen molar-refractivity contribution in [2.45, 2.75) is 19.4 Å². The van der Waals surface area contributed by atoms with Crippen molar-refractivity contribution in [3.63, 3.8) is 0 Å². The van der Waals surface area contributed by atoms with Gasteiger partial charge in [-0.1, -0.05) is 23.2 Å². The molecule has 24 heavy (non-hydrogen) atoms. The van der Waals surface area contributed by atoms with Crippen molar-refractivity contribution in [3.05, 3.63) is 56.2 Å². The highest BCUT2D eigenvalue weighted by atomic mass is 35.5. The van der Waals surface area contributed by atoms with Gasteiger partial charge in [-0.15, -0.1) is 0 Å². The predicted molar refractivity (Wildman–Crippen MR) is 101 cm³/mol. The Labute approximate surface area is 156 Å². The third-order valence-corrected chi connectivity index (χ3v) is 5.70. The van der Waals surface area contributed by atoms with E-state index in [0.717, 1.165) is 32.5 Å². The number of carbonyl (C=O) groups excluding carboxylic acids is 1. The fraction of sp³-hybridized carbons (Fsp3) is 0.389. The number of nitrogens with one attached hydrogen (secondary N) is 1. The zero-order chi connectivity index (χ0) is 16.9. The molecule has 1 aromatic heterocycles. The molecule has 1 fully saturated rings. The Morgan fingerprint density at radius 3 is 2.71 bits per heavy atom. The maximum absolute atomic E-state index is 12.2. The number of benzene rings is 1. The molecule has 1 aliphatic heterocycles. The molecule has 0 unspecified atom stereocenters. The van der Waals surface area contributed by atoms with E-state index >= 15 is 0 Å². The Kier molecular flexibility index (Phi) is 6.17. The van der Waals surface area contributed by atoms with Gasteiger partial charge in [-0.25, -0.2) is 0 Å². The number of thiophene rings is 1. The lowest BCUT2D eigenvalue weighted by atomic mass is 9.96. The van der Waals surface area contributed by atoms with Crippen molar-refractivity contribution < 1.29 is 4.79 Å². The number of likely N-dealkylation sites (tertiary alicyclic amines) is 1. The Hall–Kier alpha value is -1.07. The molecule has 0 radical (unpaired) electrons. The third-order valence-electron chi connectivity index (χ3n) is 4.42. The van der Waals surface area contributed by atoms with Crippen LogP contribution in [0.25, 0.3) is 0 Å². The number of hydrogen-bond acceptors (Lipinski definition) is 3. The van der Waals surface area contributed by atoms with E-state index in [0.29, 0.717) is 28.1 Å². The first kappa shape index (κ1) is 17.7. The second kappa shape index (κ2) is 8.34. The first-order valence-electron chi connectivity index (χ1n) is 8.08. The predicted octanol–water partition coefficient (Wildman–Crippen LogP) is 4.70. The molecular weight excluding hydrogens is 363 g/mol. The highest BCUT2D eigenvalue weighted by Gasteiger charge is 2.20. The molecule has 0 spiro atoms. The van der Waals surface area contributed by atoms with E-state index in [1.807, 2.05) is 0 Å². The van der Waals surface area contributed by atoms with Crippen LogP contribution in [0, 0.1) is 5.92 Å². The summed E-state index contributed by atoms with van der Waals surface area (Å²) in [6.07, 6.45) is 2.22. The molecule has 1 saturated heterocycles. The Morgan fingerprint density at radius 2 is 2.04 bits per heavy atom. The Bertz CT molecular complexity index is 682. The summed E-state index contributed by atoms with van der Waals surface area (Å²) in [5, 5.41) is 8.27. The maximum Gasteiger partial charge on any atom is 0.252 e. The minimum absolute atomic E-state index is 0.127. The first-order chi connectivity index (χ1) is 11.6. The smallest absolute Gasteiger partial charge is 0.252 e. The van der Waals surface area contributed by atoms with E-state index in [2.05, 4.69) is 27.0 Å². The van der Waals surface area contributed by atoms with Gasteiger partial charge in [0, 0.05) is 18.1 Å². The average Bonchev–Trinajstić information content (AvgIpc) is 3.07. The lowest BCUT2D eigenvalue weighted by Crippen LogP contribution is -2.38. The van der Waals surface area contributed by atoms with Gasteiger partial charge in [-0.05, 0) is 72.4 Å². The van der Waals surface area contributed by atoms with E-state index in [-0.39, 0.29) is 5.91 Å². The number of nitrogens with zero attached hydrogens (tertiary/aromatic N) is 1. The van der Waals surface area contributed by atoms with Gasteiger partial charge in [0.1, 0.15) is 0 Å². The van der Waals surface area contributed by atoms with Crippen LogP contribution in [-0.4, -0.2) is 30.4 Å². The van der Waals surface area contributed by atoms with Crippen LogP contribution >= 0.6 is 34.5 Å². The molecule has 1 aliphatic rings. The molecule has 3 nitrogen and oxygen atoms in total. The minimum atomic E-state index is -0.127. The second-order valence-electron chi connectivity index (χ2n) is 6.19. The molecule has 128 valence electrons. The van der Waals surface area contributed by atoms with Crippen molar-refractivity contribution >= 4 is 40.4 Å². The summed E-state index contributed by atoms with van der Waals surface area (Å²) in [7, 11) is 0. The van der Waals surface area contributed by atoms with Gasteiger partial charge in [0.2, 0.25) is 0 Å². The van der Waals surface area contributed by atoms with Crippen LogP contribution in [0.15, 0.2) is 35.0 Å². The molecule has 2 aromatic rings. The third kappa shape index (κ3) is 4.73. The summed E-state index contributed by atoms with van der Waals surface area (Å²) >= 11 is 13.7. The summed E-state index contributed by atoms with van der Waals surface area (Å²) in [5.41, 5.74) is 1.88. The number of halogens is 2. The van der Waals surface area contributed by atoms with Gasteiger partial charge in [-0.3, -0.25) is 9.69 Å². The lowest BCUT2D eigenvalue weighted by Gasteiger charge is -2.31. The molecule has 1 aromatic carbocycles. The van der Waals surface area contributed by atoms with Crippen LogP contribution in [-0.2, 0) is 6.54 Å². The molecule has 1 amide bonds. The molecular formula is C18H20Cl2N2OS. The molecule has 2 heterocycles. The zero-order valence-electron chi connectivity index (χ0n) is 13.3. The molecule has 0 aliphatic carbocycles. The number of amides is 1. The number of rotatable bonds is 5. The summed E-state index contributed by atoms with van der Waals surface area (Å²) in [5.74, 6) is 0.399. The quantitative estimate of drug-likeness (QED) is 0.812. The number of carbonyl (C=O) groups is 1. The summed E-state index contributed by atoms with van der Waals surface area (Å²) in [4.78, 5) is 14.7. The van der Waals surface area contributed by atoms with Crippen molar-refractivity contribution in [2.75, 3.05) is 19.6 Å². The highest BCUT2D eigenvalue weighted by molar-refractivity contribution is 7.07. The summed E-state index contributed by atoms with van der Waals surface area (Å²) < 4.78 is 0. The molecule has 6 heteroatoms. The second-order valence-corrected chi connectivity index (χ2v) is 7.81. The molecule has 0 saturated carbocycles. The van der Waals surface area contributed by atoms with Crippen LogP contribution in [0.1, 0.15) is 28.8 Å². The van der Waals surface area contributed by atoms with E-state index in [9.17, 15) is 4.79 Å². The standard InChI is InChI=1S/C18H20Cl2N2OS/c19-15-1-2-16(17(20)9-15)18(23)21-10-13-3-6-22(7-4-13)11-14-5-8-24-12-14/h1-2,5,8-9,12-13H,3-4,6-7,10-11H2,(H,21,23). The van der Waals surface area contributed by atoms with Crippen molar-refractivity contribution in [1.29, 1.82) is 0 Å². The maximum atomic E-state index is 12.2. The first-order valence-corrected chi connectivity index (χ1v) is 9.78.